The van der Waals surface area contributed by atoms with Crippen LogP contribution in [0.1, 0.15) is 16.6 Å². The zero-order valence-electron chi connectivity index (χ0n) is 26.6. The smallest absolute Gasteiger partial charge is 0.338 e. The van der Waals surface area contributed by atoms with Crippen LogP contribution in [0.15, 0.2) is 94.6 Å². The van der Waals surface area contributed by atoms with Crippen LogP contribution in [0, 0.1) is 5.82 Å². The summed E-state index contributed by atoms with van der Waals surface area (Å²) in [7, 11) is 2.93. The highest BCUT2D eigenvalue weighted by Gasteiger charge is 2.42. The molecule has 7 rings (SSSR count). The fourth-order valence-corrected chi connectivity index (χ4v) is 7.16. The first kappa shape index (κ1) is 32.6. The fraction of sp³-hybridized carbons (Fsp3) is 0.257. The number of urea groups is 1. The van der Waals surface area contributed by atoms with Crippen molar-refractivity contribution in [3.8, 4) is 17.2 Å². The predicted molar refractivity (Wildman–Crippen MR) is 184 cm³/mol. The molecule has 2 amide bonds. The van der Waals surface area contributed by atoms with Gasteiger partial charge in [0.05, 0.1) is 25.8 Å². The van der Waals surface area contributed by atoms with Crippen LogP contribution in [0.2, 0.25) is 5.02 Å². The number of amidine groups is 1. The van der Waals surface area contributed by atoms with E-state index in [4.69, 9.17) is 30.8 Å². The van der Waals surface area contributed by atoms with Gasteiger partial charge in [-0.1, -0.05) is 17.7 Å². The van der Waals surface area contributed by atoms with Crippen molar-refractivity contribution in [1.29, 1.82) is 0 Å². The minimum Gasteiger partial charge on any atom is -0.497 e. The fourth-order valence-electron chi connectivity index (χ4n) is 6.30. The zero-order valence-corrected chi connectivity index (χ0v) is 28.2. The van der Waals surface area contributed by atoms with E-state index in [1.54, 1.807) is 18.2 Å². The van der Waals surface area contributed by atoms with Gasteiger partial charge in [-0.25, -0.2) is 19.0 Å². The molecule has 1 aromatic heterocycles. The Labute approximate surface area is 291 Å². The van der Waals surface area contributed by atoms with E-state index in [1.165, 1.54) is 36.6 Å². The number of hydrogen-bond donors (Lipinski definition) is 1. The van der Waals surface area contributed by atoms with E-state index in [0.29, 0.717) is 66.3 Å². The molecule has 2 fully saturated rings. The maximum Gasteiger partial charge on any atom is 0.338 e. The summed E-state index contributed by atoms with van der Waals surface area (Å²) in [5.41, 5.74) is 2.11. The van der Waals surface area contributed by atoms with Gasteiger partial charge in [-0.05, 0) is 60.7 Å². The van der Waals surface area contributed by atoms with Crippen molar-refractivity contribution in [2.24, 2.45) is 4.99 Å². The number of hydrogen-bond acceptors (Lipinski definition) is 10. The third-order valence-corrected chi connectivity index (χ3v) is 9.79. The molecule has 2 saturated heterocycles. The molecule has 49 heavy (non-hydrogen) atoms. The molecule has 3 aromatic carbocycles. The Hall–Kier alpha value is -4.98. The van der Waals surface area contributed by atoms with Gasteiger partial charge in [0, 0.05) is 66.3 Å². The number of methoxy groups -OCH3 is 2. The number of aromatic nitrogens is 1. The summed E-state index contributed by atoms with van der Waals surface area (Å²) in [6.45, 7) is 2.52. The molecular formula is C35H32ClFN6O5S. The third-order valence-electron chi connectivity index (χ3n) is 8.69. The number of carbonyl (C=O) groups excluding carboxylic acids is 2. The molecule has 1 N–H and O–H groups in total. The number of anilines is 1. The van der Waals surface area contributed by atoms with Crippen molar-refractivity contribution in [2.75, 3.05) is 51.8 Å². The Kier molecular flexibility index (Phi) is 9.21. The van der Waals surface area contributed by atoms with E-state index < -0.39 is 17.8 Å². The van der Waals surface area contributed by atoms with Gasteiger partial charge in [0.2, 0.25) is 0 Å². The SMILES string of the molecule is COC(=O)C1=C(CN2CCN3C(=O)N(c4ccc(Oc5ccc(OC)cc5)cc4)C[C@@H]3C2)NC(c2nccs2)=NC1c1ccc(F)cc1Cl. The van der Waals surface area contributed by atoms with Crippen molar-refractivity contribution >= 4 is 46.5 Å². The molecule has 4 heterocycles. The van der Waals surface area contributed by atoms with Gasteiger partial charge in [-0.2, -0.15) is 0 Å². The van der Waals surface area contributed by atoms with Crippen LogP contribution in [0.4, 0.5) is 14.9 Å². The van der Waals surface area contributed by atoms with Crippen LogP contribution in [0.5, 0.6) is 17.2 Å². The second-order valence-electron chi connectivity index (χ2n) is 11.6. The first-order valence-corrected chi connectivity index (χ1v) is 16.8. The Morgan fingerprint density at radius 3 is 2.43 bits per heavy atom. The lowest BCUT2D eigenvalue weighted by atomic mass is 9.95. The molecule has 3 aliphatic rings. The van der Waals surface area contributed by atoms with Gasteiger partial charge in [0.15, 0.2) is 10.8 Å². The minimum absolute atomic E-state index is 0.0528. The van der Waals surface area contributed by atoms with Gasteiger partial charge >= 0.3 is 12.0 Å². The lowest BCUT2D eigenvalue weighted by Gasteiger charge is -2.38. The topological polar surface area (TPSA) is 109 Å². The number of rotatable bonds is 9. The average Bonchev–Trinajstić information content (AvgIpc) is 3.77. The van der Waals surface area contributed by atoms with Crippen LogP contribution in [0.25, 0.3) is 0 Å². The maximum absolute atomic E-state index is 14.0. The molecule has 14 heteroatoms. The Morgan fingerprint density at radius 2 is 1.76 bits per heavy atom. The highest BCUT2D eigenvalue weighted by molar-refractivity contribution is 7.11. The van der Waals surface area contributed by atoms with Crippen molar-refractivity contribution in [2.45, 2.75) is 12.1 Å². The number of benzene rings is 3. The molecule has 252 valence electrons. The second kappa shape index (κ2) is 13.9. The minimum atomic E-state index is -0.850. The van der Waals surface area contributed by atoms with Gasteiger partial charge in [0.25, 0.3) is 0 Å². The lowest BCUT2D eigenvalue weighted by Crippen LogP contribution is -2.53. The van der Waals surface area contributed by atoms with Crippen LogP contribution < -0.4 is 19.7 Å². The molecular weight excluding hydrogens is 671 g/mol. The van der Waals surface area contributed by atoms with E-state index in [0.717, 1.165) is 11.4 Å². The third kappa shape index (κ3) is 6.69. The number of fused-ring (bicyclic) bond motifs is 1. The van der Waals surface area contributed by atoms with Gasteiger partial charge < -0.3 is 24.4 Å². The maximum atomic E-state index is 14.0. The molecule has 11 nitrogen and oxygen atoms in total. The molecule has 2 atom stereocenters. The Bertz CT molecular complexity index is 1920. The Morgan fingerprint density at radius 1 is 1.02 bits per heavy atom. The van der Waals surface area contributed by atoms with E-state index in [1.807, 2.05) is 58.8 Å². The molecule has 0 bridgehead atoms. The summed E-state index contributed by atoms with van der Waals surface area (Å²) in [5.74, 6) is 1.48. The molecule has 0 radical (unpaired) electrons. The highest BCUT2D eigenvalue weighted by atomic mass is 35.5. The quantitative estimate of drug-likeness (QED) is 0.216. The first-order valence-electron chi connectivity index (χ1n) is 15.5. The van der Waals surface area contributed by atoms with Crippen LogP contribution in [-0.2, 0) is 9.53 Å². The van der Waals surface area contributed by atoms with E-state index in [9.17, 15) is 14.0 Å². The summed E-state index contributed by atoms with van der Waals surface area (Å²) in [6, 6.07) is 17.8. The van der Waals surface area contributed by atoms with E-state index >= 15 is 0 Å². The largest absolute Gasteiger partial charge is 0.497 e. The molecule has 4 aromatic rings. The average molecular weight is 703 g/mol. The van der Waals surface area contributed by atoms with Crippen LogP contribution >= 0.6 is 22.9 Å². The summed E-state index contributed by atoms with van der Waals surface area (Å²) in [6.07, 6.45) is 1.67. The van der Waals surface area contributed by atoms with Crippen molar-refractivity contribution < 1.29 is 28.2 Å². The van der Waals surface area contributed by atoms with E-state index in [2.05, 4.69) is 15.2 Å². The van der Waals surface area contributed by atoms with Crippen molar-refractivity contribution in [3.05, 3.63) is 111 Å². The number of aliphatic imine (C=N–C) groups is 1. The van der Waals surface area contributed by atoms with Gasteiger partial charge in [-0.15, -0.1) is 11.3 Å². The number of nitrogens with zero attached hydrogens (tertiary/aromatic N) is 5. The molecule has 3 aliphatic heterocycles. The Balaban J connectivity index is 1.09. The van der Waals surface area contributed by atoms with Crippen LogP contribution in [-0.4, -0.2) is 85.6 Å². The summed E-state index contributed by atoms with van der Waals surface area (Å²) in [4.78, 5) is 42.0. The number of thiazole rings is 1. The van der Waals surface area contributed by atoms with Gasteiger partial charge in [-0.3, -0.25) is 14.8 Å². The number of piperazine rings is 1. The van der Waals surface area contributed by atoms with Crippen LogP contribution in [0.3, 0.4) is 0 Å². The first-order chi connectivity index (χ1) is 23.8. The zero-order chi connectivity index (χ0) is 34.1. The number of halogens is 2. The lowest BCUT2D eigenvalue weighted by molar-refractivity contribution is -0.136. The predicted octanol–water partition coefficient (Wildman–Crippen LogP) is 5.88. The standard InChI is InChI=1S/C35H32ClFN6O5S/c1-46-24-8-10-26(11-9-24)48-25-6-4-22(5-7-25)43-19-23-18-41(14-15-42(23)35(43)45)20-29-30(34(44)47-2)31(27-12-3-21(37)17-28(27)36)40-32(39-29)33-38-13-16-49-33/h3-13,16-17,23,31H,14-15,18-20H2,1-2H3,(H,39,40)/t23-,31?/m0/s1. The second-order valence-corrected chi connectivity index (χ2v) is 12.9. The number of esters is 1. The summed E-state index contributed by atoms with van der Waals surface area (Å²) >= 11 is 7.90. The monoisotopic (exact) mass is 702 g/mol. The normalized spacial score (nSPS) is 19.3. The molecule has 0 spiro atoms. The number of carbonyl (C=O) groups is 2. The molecule has 1 unspecified atom stereocenters. The van der Waals surface area contributed by atoms with E-state index in [-0.39, 0.29) is 22.7 Å². The summed E-state index contributed by atoms with van der Waals surface area (Å²) in [5, 5.41) is 5.95. The number of nitrogens with one attached hydrogen (secondary N) is 1. The number of ether oxygens (including phenoxy) is 3. The number of amides is 2. The van der Waals surface area contributed by atoms with Gasteiger partial charge in [0.1, 0.15) is 29.1 Å². The highest BCUT2D eigenvalue weighted by Crippen LogP contribution is 2.37. The van der Waals surface area contributed by atoms with Crippen molar-refractivity contribution in [3.63, 3.8) is 0 Å². The summed E-state index contributed by atoms with van der Waals surface area (Å²) < 4.78 is 30.4. The molecule has 0 aliphatic carbocycles. The molecule has 0 saturated carbocycles. The van der Waals surface area contributed by atoms with Crippen molar-refractivity contribution in [1.82, 2.24) is 20.1 Å².